The predicted molar refractivity (Wildman–Crippen MR) is 120 cm³/mol. The van der Waals surface area contributed by atoms with Gasteiger partial charge in [0.1, 0.15) is 0 Å². The van der Waals surface area contributed by atoms with Gasteiger partial charge in [0.25, 0.3) is 5.91 Å². The Hall–Kier alpha value is -1.25. The first-order chi connectivity index (χ1) is 13.7. The molecule has 0 saturated carbocycles. The summed E-state index contributed by atoms with van der Waals surface area (Å²) in [6, 6.07) is 11.7. The van der Waals surface area contributed by atoms with E-state index in [0.717, 1.165) is 0 Å². The van der Waals surface area contributed by atoms with Crippen LogP contribution < -0.4 is 4.90 Å². The average Bonchev–Trinajstić information content (AvgIpc) is 3.08. The third kappa shape index (κ3) is 4.44. The molecule has 0 N–H and O–H groups in total. The monoisotopic (exact) mass is 488 g/mol. The Morgan fingerprint density at radius 3 is 2.59 bits per heavy atom. The summed E-state index contributed by atoms with van der Waals surface area (Å²) in [5, 5.41) is 1.57. The molecule has 2 aromatic carbocycles. The number of hydrogen-bond acceptors (Lipinski definition) is 4. The summed E-state index contributed by atoms with van der Waals surface area (Å²) in [5.74, 6) is -0.332. The highest BCUT2D eigenvalue weighted by Crippen LogP contribution is 2.43. The molecule has 0 aliphatic carbocycles. The van der Waals surface area contributed by atoms with Gasteiger partial charge in [-0.25, -0.2) is 8.42 Å². The van der Waals surface area contributed by atoms with Crippen LogP contribution in [0, 0.1) is 0 Å². The zero-order chi connectivity index (χ0) is 20.8. The van der Waals surface area contributed by atoms with E-state index in [1.165, 1.54) is 11.8 Å². The van der Waals surface area contributed by atoms with E-state index in [1.54, 1.807) is 47.4 Å². The lowest BCUT2D eigenvalue weighted by atomic mass is 10.1. The zero-order valence-electron chi connectivity index (χ0n) is 14.9. The summed E-state index contributed by atoms with van der Waals surface area (Å²) in [6.07, 6.45) is 0.0551. The van der Waals surface area contributed by atoms with Crippen LogP contribution in [0.3, 0.4) is 0 Å². The second kappa shape index (κ2) is 8.12. The number of carbonyl (C=O) groups excluding carboxylic acids is 1. The minimum atomic E-state index is -3.16. The molecule has 2 saturated heterocycles. The highest BCUT2D eigenvalue weighted by molar-refractivity contribution is 8.16. The molecule has 2 heterocycles. The van der Waals surface area contributed by atoms with Gasteiger partial charge in [-0.3, -0.25) is 4.79 Å². The molecule has 0 aromatic heterocycles. The molecule has 1 amide bonds. The van der Waals surface area contributed by atoms with Gasteiger partial charge in [0, 0.05) is 15.3 Å². The molecule has 2 aliphatic heterocycles. The Morgan fingerprint density at radius 2 is 1.86 bits per heavy atom. The number of amides is 1. The Balaban J connectivity index is 1.68. The molecule has 152 valence electrons. The summed E-state index contributed by atoms with van der Waals surface area (Å²) < 4.78 is 24.3. The van der Waals surface area contributed by atoms with Crippen LogP contribution in [-0.4, -0.2) is 42.3 Å². The van der Waals surface area contributed by atoms with Crippen LogP contribution in [0.25, 0.3) is 0 Å². The normalized spacial score (nSPS) is 24.1. The Bertz CT molecular complexity index is 1120. The van der Waals surface area contributed by atoms with Crippen molar-refractivity contribution in [1.29, 1.82) is 0 Å². The van der Waals surface area contributed by atoms with Crippen molar-refractivity contribution in [2.45, 2.75) is 17.7 Å². The van der Waals surface area contributed by atoms with Gasteiger partial charge in [-0.05, 0) is 29.8 Å². The summed E-state index contributed by atoms with van der Waals surface area (Å²) in [7, 11) is -3.16. The molecule has 0 unspecified atom stereocenters. The van der Waals surface area contributed by atoms with Crippen molar-refractivity contribution in [1.82, 2.24) is 0 Å². The number of thioether (sulfide) groups is 1. The van der Waals surface area contributed by atoms with Crippen molar-refractivity contribution in [3.05, 3.63) is 63.1 Å². The lowest BCUT2D eigenvalue weighted by molar-refractivity contribution is -0.117. The fourth-order valence-corrected chi connectivity index (χ4v) is 8.10. The highest BCUT2D eigenvalue weighted by Gasteiger charge is 2.49. The molecule has 5 nitrogen and oxygen atoms in total. The number of fused-ring (bicyclic) bond motifs is 1. The quantitative estimate of drug-likeness (QED) is 0.635. The first kappa shape index (κ1) is 21.0. The molecule has 0 spiro atoms. The van der Waals surface area contributed by atoms with E-state index in [4.69, 9.17) is 34.8 Å². The molecule has 0 radical (unpaired) electrons. The summed E-state index contributed by atoms with van der Waals surface area (Å²) in [4.78, 5) is 18.7. The van der Waals surface area contributed by atoms with Gasteiger partial charge >= 0.3 is 0 Å². The smallest absolute Gasteiger partial charge is 0.252 e. The van der Waals surface area contributed by atoms with E-state index in [0.29, 0.717) is 31.5 Å². The minimum absolute atomic E-state index is 0.0126. The number of halogens is 3. The van der Waals surface area contributed by atoms with Crippen molar-refractivity contribution in [2.75, 3.05) is 16.4 Å². The summed E-state index contributed by atoms with van der Waals surface area (Å²) in [5.41, 5.74) is 1.27. The number of rotatable bonds is 3. The number of sulfone groups is 1. The second-order valence-corrected chi connectivity index (χ2v) is 11.4. The Kier molecular flexibility index (Phi) is 5.88. The van der Waals surface area contributed by atoms with Crippen LogP contribution >= 0.6 is 46.6 Å². The van der Waals surface area contributed by atoms with Gasteiger partial charge in [0.2, 0.25) is 0 Å². The van der Waals surface area contributed by atoms with Crippen molar-refractivity contribution < 1.29 is 13.2 Å². The number of nitrogens with zero attached hydrogens (tertiary/aromatic N) is 2. The third-order valence-electron chi connectivity index (χ3n) is 4.76. The number of amidine groups is 1. The van der Waals surface area contributed by atoms with E-state index in [2.05, 4.69) is 4.99 Å². The van der Waals surface area contributed by atoms with Gasteiger partial charge in [-0.1, -0.05) is 64.8 Å². The number of anilines is 1. The summed E-state index contributed by atoms with van der Waals surface area (Å²) in [6.45, 7) is 0. The minimum Gasteiger partial charge on any atom is -0.314 e. The summed E-state index contributed by atoms with van der Waals surface area (Å²) >= 11 is 19.8. The van der Waals surface area contributed by atoms with E-state index >= 15 is 0 Å². The number of benzene rings is 2. The molecule has 10 heteroatoms. The molecule has 2 aliphatic rings. The molecule has 0 bridgehead atoms. The van der Waals surface area contributed by atoms with Gasteiger partial charge in [0.15, 0.2) is 15.0 Å². The van der Waals surface area contributed by atoms with Crippen molar-refractivity contribution in [2.24, 2.45) is 4.99 Å². The Morgan fingerprint density at radius 1 is 1.10 bits per heavy atom. The topological polar surface area (TPSA) is 66.8 Å². The fraction of sp³-hybridized carbons (Fsp3) is 0.263. The SMILES string of the molecule is O=C(Cc1ccccc1Cl)N=C1S[C@@H]2CS(=O)(=O)C[C@H]2N1c1ccc(Cl)cc1Cl. The van der Waals surface area contributed by atoms with Crippen LogP contribution in [0.4, 0.5) is 5.69 Å². The molecular formula is C19H15Cl3N2O3S2. The van der Waals surface area contributed by atoms with Crippen LogP contribution in [0.2, 0.25) is 15.1 Å². The highest BCUT2D eigenvalue weighted by atomic mass is 35.5. The largest absolute Gasteiger partial charge is 0.314 e. The second-order valence-electron chi connectivity index (χ2n) is 6.82. The van der Waals surface area contributed by atoms with E-state index in [-0.39, 0.29) is 35.1 Å². The molecule has 2 aromatic rings. The molecule has 4 rings (SSSR count). The number of hydrogen-bond donors (Lipinski definition) is 0. The lowest BCUT2D eigenvalue weighted by Crippen LogP contribution is -2.38. The maximum atomic E-state index is 12.6. The van der Waals surface area contributed by atoms with E-state index in [1.807, 2.05) is 0 Å². The zero-order valence-corrected chi connectivity index (χ0v) is 18.8. The molecular weight excluding hydrogens is 475 g/mol. The first-order valence-electron chi connectivity index (χ1n) is 8.70. The van der Waals surface area contributed by atoms with E-state index in [9.17, 15) is 13.2 Å². The molecule has 2 fully saturated rings. The number of carbonyl (C=O) groups is 1. The van der Waals surface area contributed by atoms with Crippen LogP contribution in [0.1, 0.15) is 5.56 Å². The predicted octanol–water partition coefficient (Wildman–Crippen LogP) is 4.49. The molecule has 2 atom stereocenters. The van der Waals surface area contributed by atoms with Crippen LogP contribution in [0.5, 0.6) is 0 Å². The maximum Gasteiger partial charge on any atom is 0.252 e. The number of aliphatic imine (C=N–C) groups is 1. The lowest BCUT2D eigenvalue weighted by Gasteiger charge is -2.25. The van der Waals surface area contributed by atoms with E-state index < -0.39 is 9.84 Å². The van der Waals surface area contributed by atoms with Crippen LogP contribution in [-0.2, 0) is 21.1 Å². The van der Waals surface area contributed by atoms with Gasteiger partial charge in [-0.2, -0.15) is 4.99 Å². The van der Waals surface area contributed by atoms with Gasteiger partial charge in [0.05, 0.1) is 34.7 Å². The Labute approximate surface area is 188 Å². The molecule has 29 heavy (non-hydrogen) atoms. The van der Waals surface area contributed by atoms with Gasteiger partial charge < -0.3 is 4.90 Å². The fourth-order valence-electron chi connectivity index (χ4n) is 3.47. The standard InChI is InChI=1S/C19H15Cl3N2O3S2/c20-12-5-6-15(14(22)8-12)24-16-9-29(26,27)10-17(16)28-19(24)23-18(25)7-11-3-1-2-4-13(11)21/h1-6,8,16-17H,7,9-10H2/t16-,17-/m1/s1. The third-order valence-corrected chi connectivity index (χ3v) is 8.87. The van der Waals surface area contributed by atoms with Crippen molar-refractivity contribution >= 4 is 73.2 Å². The maximum absolute atomic E-state index is 12.6. The van der Waals surface area contributed by atoms with Crippen LogP contribution in [0.15, 0.2) is 47.5 Å². The van der Waals surface area contributed by atoms with Gasteiger partial charge in [-0.15, -0.1) is 0 Å². The van der Waals surface area contributed by atoms with Crippen molar-refractivity contribution in [3.8, 4) is 0 Å². The van der Waals surface area contributed by atoms with Crippen molar-refractivity contribution in [3.63, 3.8) is 0 Å². The average molecular weight is 490 g/mol. The first-order valence-corrected chi connectivity index (χ1v) is 12.5.